The van der Waals surface area contributed by atoms with Crippen LogP contribution in [0.1, 0.15) is 6.42 Å². The molecule has 7 heteroatoms. The summed E-state index contributed by atoms with van der Waals surface area (Å²) in [6, 6.07) is 0. The van der Waals surface area contributed by atoms with Crippen molar-refractivity contribution in [3.05, 3.63) is 0 Å². The summed E-state index contributed by atoms with van der Waals surface area (Å²) in [7, 11) is 2.08. The van der Waals surface area contributed by atoms with Gasteiger partial charge in [-0.05, 0) is 7.05 Å². The number of amides is 1. The molecule has 0 saturated carbocycles. The number of carboxylic acids is 1. The molecule has 2 aliphatic heterocycles. The first-order valence-corrected chi connectivity index (χ1v) is 7.67. The molecule has 0 aromatic heterocycles. The average Bonchev–Trinajstić information content (AvgIpc) is 2.47. The lowest BCUT2D eigenvalue weighted by molar-refractivity contribution is -0.137. The van der Waals surface area contributed by atoms with Crippen molar-refractivity contribution in [1.82, 2.24) is 19.6 Å². The molecule has 2 rings (SSSR count). The summed E-state index contributed by atoms with van der Waals surface area (Å²) < 4.78 is 0. The van der Waals surface area contributed by atoms with Crippen molar-refractivity contribution in [2.24, 2.45) is 0 Å². The number of nitrogens with zero attached hydrogens (tertiary/aromatic N) is 4. The number of hydrogen-bond donors (Lipinski definition) is 1. The van der Waals surface area contributed by atoms with E-state index in [1.54, 1.807) is 0 Å². The normalized spacial score (nSPS) is 22.4. The van der Waals surface area contributed by atoms with Gasteiger partial charge in [0, 0.05) is 58.9 Å². The van der Waals surface area contributed by atoms with Gasteiger partial charge in [0.1, 0.15) is 0 Å². The van der Waals surface area contributed by atoms with Gasteiger partial charge in [0.05, 0.1) is 13.0 Å². The second-order valence-electron chi connectivity index (χ2n) is 5.95. The summed E-state index contributed by atoms with van der Waals surface area (Å²) >= 11 is 0. The van der Waals surface area contributed by atoms with E-state index < -0.39 is 5.97 Å². The van der Waals surface area contributed by atoms with Gasteiger partial charge in [-0.25, -0.2) is 0 Å². The van der Waals surface area contributed by atoms with Gasteiger partial charge >= 0.3 is 5.97 Å². The van der Waals surface area contributed by atoms with Crippen molar-refractivity contribution in [3.8, 4) is 0 Å². The molecule has 21 heavy (non-hydrogen) atoms. The third kappa shape index (κ3) is 5.26. The van der Waals surface area contributed by atoms with Crippen molar-refractivity contribution in [3.63, 3.8) is 0 Å². The highest BCUT2D eigenvalue weighted by molar-refractivity contribution is 5.78. The average molecular weight is 298 g/mol. The van der Waals surface area contributed by atoms with Gasteiger partial charge in [-0.15, -0.1) is 0 Å². The second-order valence-corrected chi connectivity index (χ2v) is 5.95. The van der Waals surface area contributed by atoms with Crippen LogP contribution in [0.5, 0.6) is 0 Å². The lowest BCUT2D eigenvalue weighted by Gasteiger charge is -2.37. The van der Waals surface area contributed by atoms with Crippen molar-refractivity contribution in [2.45, 2.75) is 6.42 Å². The predicted octanol–water partition coefficient (Wildman–Crippen LogP) is -1.15. The highest BCUT2D eigenvalue weighted by atomic mass is 16.4. The molecular formula is C14H26N4O3. The molecule has 0 aliphatic carbocycles. The van der Waals surface area contributed by atoms with Crippen LogP contribution in [-0.2, 0) is 9.59 Å². The Morgan fingerprint density at radius 2 is 1.48 bits per heavy atom. The quantitative estimate of drug-likeness (QED) is 0.691. The number of rotatable bonds is 5. The van der Waals surface area contributed by atoms with E-state index in [-0.39, 0.29) is 12.3 Å². The highest BCUT2D eigenvalue weighted by Crippen LogP contribution is 2.05. The Morgan fingerprint density at radius 1 is 0.905 bits per heavy atom. The zero-order chi connectivity index (χ0) is 15.2. The SMILES string of the molecule is CN1CCN(C(=O)CN2CCN(CCC(=O)O)CC2)CC1. The monoisotopic (exact) mass is 298 g/mol. The van der Waals surface area contributed by atoms with Gasteiger partial charge in [-0.1, -0.05) is 0 Å². The third-order valence-corrected chi connectivity index (χ3v) is 4.32. The maximum atomic E-state index is 12.2. The summed E-state index contributed by atoms with van der Waals surface area (Å²) in [5.41, 5.74) is 0. The molecule has 2 aliphatic rings. The minimum absolute atomic E-state index is 0.195. The topological polar surface area (TPSA) is 67.3 Å². The first-order chi connectivity index (χ1) is 10.0. The molecule has 0 bridgehead atoms. The molecule has 0 spiro atoms. The molecule has 2 heterocycles. The van der Waals surface area contributed by atoms with Crippen LogP contribution < -0.4 is 0 Å². The van der Waals surface area contributed by atoms with E-state index in [0.29, 0.717) is 13.1 Å². The number of carbonyl (C=O) groups is 2. The molecule has 7 nitrogen and oxygen atoms in total. The molecule has 1 amide bonds. The second kappa shape index (κ2) is 7.72. The molecule has 120 valence electrons. The molecule has 2 saturated heterocycles. The fraction of sp³-hybridized carbons (Fsp3) is 0.857. The molecular weight excluding hydrogens is 272 g/mol. The Labute approximate surface area is 126 Å². The summed E-state index contributed by atoms with van der Waals surface area (Å²) in [5, 5.41) is 8.69. The Hall–Kier alpha value is -1.18. The van der Waals surface area contributed by atoms with Crippen LogP contribution >= 0.6 is 0 Å². The van der Waals surface area contributed by atoms with Crippen LogP contribution in [-0.4, -0.2) is 109 Å². The van der Waals surface area contributed by atoms with Gasteiger partial charge in [0.25, 0.3) is 0 Å². The lowest BCUT2D eigenvalue weighted by Crippen LogP contribution is -2.53. The van der Waals surface area contributed by atoms with Crippen LogP contribution in [0.3, 0.4) is 0 Å². The molecule has 2 fully saturated rings. The summed E-state index contributed by atoms with van der Waals surface area (Å²) in [6.07, 6.45) is 0.195. The zero-order valence-electron chi connectivity index (χ0n) is 12.8. The molecule has 0 aromatic carbocycles. The van der Waals surface area contributed by atoms with Crippen molar-refractivity contribution in [1.29, 1.82) is 0 Å². The van der Waals surface area contributed by atoms with Crippen molar-refractivity contribution in [2.75, 3.05) is 72.5 Å². The summed E-state index contributed by atoms with van der Waals surface area (Å²) in [4.78, 5) is 31.3. The molecule has 0 atom stereocenters. The smallest absolute Gasteiger partial charge is 0.304 e. The van der Waals surface area contributed by atoms with E-state index >= 15 is 0 Å². The summed E-state index contributed by atoms with van der Waals surface area (Å²) in [6.45, 7) is 8.06. The van der Waals surface area contributed by atoms with Crippen LogP contribution in [0, 0.1) is 0 Å². The van der Waals surface area contributed by atoms with E-state index in [0.717, 1.165) is 52.4 Å². The van der Waals surface area contributed by atoms with Crippen LogP contribution in [0.4, 0.5) is 0 Å². The van der Waals surface area contributed by atoms with E-state index in [2.05, 4.69) is 21.7 Å². The maximum absolute atomic E-state index is 12.2. The molecule has 0 unspecified atom stereocenters. The number of carboxylic acid groups (broad SMARTS) is 1. The fourth-order valence-corrected chi connectivity index (χ4v) is 2.77. The van der Waals surface area contributed by atoms with Crippen molar-refractivity contribution >= 4 is 11.9 Å². The number of piperazine rings is 2. The number of aliphatic carboxylic acids is 1. The molecule has 0 radical (unpaired) electrons. The minimum atomic E-state index is -0.748. The predicted molar refractivity (Wildman–Crippen MR) is 79.2 cm³/mol. The van der Waals surface area contributed by atoms with Crippen LogP contribution in [0.15, 0.2) is 0 Å². The number of likely N-dealkylation sites (N-methyl/N-ethyl adjacent to an activating group) is 1. The van der Waals surface area contributed by atoms with Crippen LogP contribution in [0.2, 0.25) is 0 Å². The summed E-state index contributed by atoms with van der Waals surface area (Å²) in [5.74, 6) is -0.523. The maximum Gasteiger partial charge on any atom is 0.304 e. The van der Waals surface area contributed by atoms with Crippen molar-refractivity contribution < 1.29 is 14.7 Å². The van der Waals surface area contributed by atoms with E-state index in [1.165, 1.54) is 0 Å². The number of carbonyl (C=O) groups excluding carboxylic acids is 1. The first-order valence-electron chi connectivity index (χ1n) is 7.67. The minimum Gasteiger partial charge on any atom is -0.481 e. The van der Waals surface area contributed by atoms with Crippen LogP contribution in [0.25, 0.3) is 0 Å². The Bertz CT molecular complexity index is 361. The fourth-order valence-electron chi connectivity index (χ4n) is 2.77. The van der Waals surface area contributed by atoms with Gasteiger partial charge < -0.3 is 19.8 Å². The Balaban J connectivity index is 1.66. The van der Waals surface area contributed by atoms with Gasteiger partial charge in [0.2, 0.25) is 5.91 Å². The zero-order valence-corrected chi connectivity index (χ0v) is 12.8. The van der Waals surface area contributed by atoms with Gasteiger partial charge in [-0.2, -0.15) is 0 Å². The first kappa shape index (κ1) is 16.2. The molecule has 1 N–H and O–H groups in total. The standard InChI is InChI=1S/C14H26N4O3/c1-15-4-10-18(11-5-15)13(19)12-17-8-6-16(7-9-17)3-2-14(20)21/h2-12H2,1H3,(H,20,21). The largest absolute Gasteiger partial charge is 0.481 e. The number of hydrogen-bond acceptors (Lipinski definition) is 5. The van der Waals surface area contributed by atoms with E-state index in [1.807, 2.05) is 4.90 Å². The molecule has 0 aromatic rings. The van der Waals surface area contributed by atoms with E-state index in [9.17, 15) is 9.59 Å². The lowest BCUT2D eigenvalue weighted by atomic mass is 10.2. The Kier molecular flexibility index (Phi) is 5.96. The third-order valence-electron chi connectivity index (χ3n) is 4.32. The highest BCUT2D eigenvalue weighted by Gasteiger charge is 2.23. The van der Waals surface area contributed by atoms with Gasteiger partial charge in [-0.3, -0.25) is 14.5 Å². The van der Waals surface area contributed by atoms with E-state index in [4.69, 9.17) is 5.11 Å². The van der Waals surface area contributed by atoms with Gasteiger partial charge in [0.15, 0.2) is 0 Å². The Morgan fingerprint density at radius 3 is 2.05 bits per heavy atom.